The van der Waals surface area contributed by atoms with Crippen LogP contribution in [0.1, 0.15) is 31.2 Å². The Morgan fingerprint density at radius 1 is 1.14 bits per heavy atom. The second-order valence-electron chi connectivity index (χ2n) is 6.88. The Morgan fingerprint density at radius 2 is 1.97 bits per heavy atom. The van der Waals surface area contributed by atoms with E-state index in [0.29, 0.717) is 42.8 Å². The van der Waals surface area contributed by atoms with Crippen molar-refractivity contribution < 1.29 is 4.79 Å². The van der Waals surface area contributed by atoms with Gasteiger partial charge in [0.15, 0.2) is 0 Å². The van der Waals surface area contributed by atoms with Gasteiger partial charge in [-0.2, -0.15) is 0 Å². The molecule has 0 aliphatic heterocycles. The molecule has 150 valence electrons. The van der Waals surface area contributed by atoms with Crippen LogP contribution < -0.4 is 10.9 Å². The lowest BCUT2D eigenvalue weighted by Crippen LogP contribution is -2.25. The fourth-order valence-electron chi connectivity index (χ4n) is 3.51. The topological polar surface area (TPSA) is 81.3 Å². The maximum absolute atomic E-state index is 12.6. The highest BCUT2D eigenvalue weighted by Gasteiger charge is 2.16. The van der Waals surface area contributed by atoms with Crippen molar-refractivity contribution in [1.82, 2.24) is 24.5 Å². The molecule has 0 fully saturated rings. The molecule has 1 N–H and O–H groups in total. The van der Waals surface area contributed by atoms with Gasteiger partial charge >= 0.3 is 0 Å². The summed E-state index contributed by atoms with van der Waals surface area (Å²) in [4.78, 5) is 24.7. The minimum Gasteiger partial charge on any atom is -0.356 e. The zero-order chi connectivity index (χ0) is 20.2. The van der Waals surface area contributed by atoms with E-state index >= 15 is 0 Å². The Morgan fingerprint density at radius 3 is 2.76 bits per heavy atom. The van der Waals surface area contributed by atoms with Crippen molar-refractivity contribution in [2.45, 2.75) is 39.2 Å². The van der Waals surface area contributed by atoms with Gasteiger partial charge in [0.25, 0.3) is 5.56 Å². The Kier molecular flexibility index (Phi) is 5.71. The van der Waals surface area contributed by atoms with Crippen LogP contribution in [0.4, 0.5) is 0 Å². The summed E-state index contributed by atoms with van der Waals surface area (Å²) in [7, 11) is 0. The number of aromatic nitrogens is 4. The minimum atomic E-state index is -0.0262. The predicted octanol–water partition coefficient (Wildman–Crippen LogP) is 2.81. The third-order valence-corrected chi connectivity index (χ3v) is 5.87. The number of thiophene rings is 1. The van der Waals surface area contributed by atoms with E-state index in [1.807, 2.05) is 41.0 Å². The number of carbonyl (C=O) groups excluding carboxylic acids is 1. The van der Waals surface area contributed by atoms with E-state index in [1.54, 1.807) is 4.57 Å². The molecule has 0 aliphatic rings. The van der Waals surface area contributed by atoms with Gasteiger partial charge in [0.1, 0.15) is 10.5 Å². The van der Waals surface area contributed by atoms with Crippen LogP contribution in [0, 0.1) is 0 Å². The average molecular weight is 410 g/mol. The van der Waals surface area contributed by atoms with Crippen LogP contribution in [-0.2, 0) is 24.2 Å². The monoisotopic (exact) mass is 409 g/mol. The zero-order valence-electron chi connectivity index (χ0n) is 16.3. The van der Waals surface area contributed by atoms with E-state index < -0.39 is 0 Å². The van der Waals surface area contributed by atoms with Crippen LogP contribution in [0.2, 0.25) is 0 Å². The SMILES string of the molecule is CCn1c(=O)c2sccc2n2c(CCCC(=O)NCCc3ccccc3)nnc12. The van der Waals surface area contributed by atoms with Gasteiger partial charge in [0.05, 0.1) is 5.52 Å². The normalized spacial score (nSPS) is 11.3. The summed E-state index contributed by atoms with van der Waals surface area (Å²) in [5.41, 5.74) is 2.03. The summed E-state index contributed by atoms with van der Waals surface area (Å²) in [5, 5.41) is 13.4. The van der Waals surface area contributed by atoms with Crippen molar-refractivity contribution in [1.29, 1.82) is 0 Å². The molecule has 8 heteroatoms. The summed E-state index contributed by atoms with van der Waals surface area (Å²) >= 11 is 1.43. The van der Waals surface area contributed by atoms with E-state index in [1.165, 1.54) is 16.9 Å². The first kappa shape index (κ1) is 19.3. The molecule has 1 amide bonds. The quantitative estimate of drug-likeness (QED) is 0.485. The Balaban J connectivity index is 1.39. The number of hydrogen-bond acceptors (Lipinski definition) is 5. The molecule has 3 heterocycles. The summed E-state index contributed by atoms with van der Waals surface area (Å²) in [5.74, 6) is 1.38. The molecule has 0 spiro atoms. The molecule has 29 heavy (non-hydrogen) atoms. The Hall–Kier alpha value is -3.00. The van der Waals surface area contributed by atoms with Gasteiger partial charge in [-0.25, -0.2) is 0 Å². The highest BCUT2D eigenvalue weighted by molar-refractivity contribution is 7.17. The molecule has 0 atom stereocenters. The van der Waals surface area contributed by atoms with Gasteiger partial charge in [-0.15, -0.1) is 21.5 Å². The third-order valence-electron chi connectivity index (χ3n) is 4.98. The van der Waals surface area contributed by atoms with Crippen LogP contribution in [0.25, 0.3) is 16.0 Å². The summed E-state index contributed by atoms with van der Waals surface area (Å²) < 4.78 is 4.30. The van der Waals surface area contributed by atoms with E-state index in [9.17, 15) is 9.59 Å². The molecule has 0 saturated carbocycles. The molecule has 7 nitrogen and oxygen atoms in total. The average Bonchev–Trinajstić information content (AvgIpc) is 3.37. The Labute approximate surface area is 172 Å². The molecule has 0 radical (unpaired) electrons. The third kappa shape index (κ3) is 3.93. The molecule has 0 bridgehead atoms. The number of rotatable bonds is 8. The molecule has 3 aromatic heterocycles. The van der Waals surface area contributed by atoms with Crippen molar-refractivity contribution in [3.8, 4) is 0 Å². The van der Waals surface area contributed by atoms with Crippen LogP contribution in [-0.4, -0.2) is 31.6 Å². The highest BCUT2D eigenvalue weighted by atomic mass is 32.1. The van der Waals surface area contributed by atoms with Crippen LogP contribution in [0.3, 0.4) is 0 Å². The molecular formula is C21H23N5O2S. The van der Waals surface area contributed by atoms with E-state index in [0.717, 1.165) is 17.8 Å². The summed E-state index contributed by atoms with van der Waals surface area (Å²) in [6.07, 6.45) is 2.56. The molecule has 0 saturated heterocycles. The largest absolute Gasteiger partial charge is 0.356 e. The number of nitrogens with zero attached hydrogens (tertiary/aromatic N) is 4. The molecule has 4 aromatic rings. The van der Waals surface area contributed by atoms with Gasteiger partial charge < -0.3 is 5.32 Å². The number of hydrogen-bond donors (Lipinski definition) is 1. The second kappa shape index (κ2) is 8.57. The van der Waals surface area contributed by atoms with Gasteiger partial charge in [0.2, 0.25) is 11.7 Å². The first-order chi connectivity index (χ1) is 14.2. The van der Waals surface area contributed by atoms with E-state index in [-0.39, 0.29) is 11.5 Å². The van der Waals surface area contributed by atoms with Crippen LogP contribution in [0.5, 0.6) is 0 Å². The lowest BCUT2D eigenvalue weighted by atomic mass is 10.1. The fraction of sp³-hybridized carbons (Fsp3) is 0.333. The number of fused-ring (bicyclic) bond motifs is 3. The Bertz CT molecular complexity index is 1190. The van der Waals surface area contributed by atoms with E-state index in [4.69, 9.17) is 0 Å². The molecule has 4 rings (SSSR count). The maximum atomic E-state index is 12.6. The van der Waals surface area contributed by atoms with Gasteiger partial charge in [0, 0.05) is 25.9 Å². The standard InChI is InChI=1S/C21H23N5O2S/c1-2-25-20(28)19-16(12-14-29-19)26-17(23-24-21(25)26)9-6-10-18(27)22-13-11-15-7-4-3-5-8-15/h3-5,7-8,12,14H,2,6,9-11,13H2,1H3,(H,22,27). The van der Waals surface area contributed by atoms with Gasteiger partial charge in [-0.1, -0.05) is 30.3 Å². The zero-order valence-corrected chi connectivity index (χ0v) is 17.1. The van der Waals surface area contributed by atoms with Crippen molar-refractivity contribution in [3.63, 3.8) is 0 Å². The molecular weight excluding hydrogens is 386 g/mol. The maximum Gasteiger partial charge on any atom is 0.272 e. The van der Waals surface area contributed by atoms with Crippen LogP contribution in [0.15, 0.2) is 46.6 Å². The van der Waals surface area contributed by atoms with Gasteiger partial charge in [-0.3, -0.25) is 18.6 Å². The fourth-order valence-corrected chi connectivity index (χ4v) is 4.34. The van der Waals surface area contributed by atoms with Gasteiger partial charge in [-0.05, 0) is 36.8 Å². The molecule has 0 unspecified atom stereocenters. The lowest BCUT2D eigenvalue weighted by molar-refractivity contribution is -0.121. The first-order valence-corrected chi connectivity index (χ1v) is 10.7. The van der Waals surface area contributed by atoms with Crippen molar-refractivity contribution in [2.24, 2.45) is 0 Å². The second-order valence-corrected chi connectivity index (χ2v) is 7.79. The highest BCUT2D eigenvalue weighted by Crippen LogP contribution is 2.20. The predicted molar refractivity (Wildman–Crippen MR) is 114 cm³/mol. The number of amides is 1. The molecule has 0 aliphatic carbocycles. The number of carbonyl (C=O) groups is 1. The van der Waals surface area contributed by atoms with Crippen molar-refractivity contribution >= 4 is 33.2 Å². The number of nitrogens with one attached hydrogen (secondary N) is 1. The number of aryl methyl sites for hydroxylation is 2. The lowest BCUT2D eigenvalue weighted by Gasteiger charge is -2.07. The van der Waals surface area contributed by atoms with Crippen molar-refractivity contribution in [2.75, 3.05) is 6.54 Å². The summed E-state index contributed by atoms with van der Waals surface area (Å²) in [6.45, 7) is 3.10. The van der Waals surface area contributed by atoms with Crippen molar-refractivity contribution in [3.05, 3.63) is 63.5 Å². The minimum absolute atomic E-state index is 0.0262. The summed E-state index contributed by atoms with van der Waals surface area (Å²) in [6, 6.07) is 12.0. The molecule has 1 aromatic carbocycles. The smallest absolute Gasteiger partial charge is 0.272 e. The van der Waals surface area contributed by atoms with Crippen LogP contribution >= 0.6 is 11.3 Å². The first-order valence-electron chi connectivity index (χ1n) is 9.83. The number of benzene rings is 1. The van der Waals surface area contributed by atoms with E-state index in [2.05, 4.69) is 27.6 Å².